The van der Waals surface area contributed by atoms with E-state index in [-0.39, 0.29) is 28.2 Å². The second-order valence-corrected chi connectivity index (χ2v) is 11.5. The first-order chi connectivity index (χ1) is 15.0. The van der Waals surface area contributed by atoms with Crippen LogP contribution in [0.25, 0.3) is 0 Å². The van der Waals surface area contributed by atoms with Crippen LogP contribution in [-0.4, -0.2) is 36.9 Å². The van der Waals surface area contributed by atoms with Gasteiger partial charge in [-0.2, -0.15) is 4.37 Å². The first-order valence-electron chi connectivity index (χ1n) is 10.5. The number of nitrogens with one attached hydrogen (secondary N) is 2. The Morgan fingerprint density at radius 3 is 2.59 bits per heavy atom. The Balaban J connectivity index is 1.75. The monoisotopic (exact) mass is 488 g/mol. The van der Waals surface area contributed by atoms with Gasteiger partial charge in [0.2, 0.25) is 5.13 Å². The molecule has 0 bridgehead atoms. The molecule has 2 aromatic rings. The number of hydrogen-bond donors (Lipinski definition) is 4. The van der Waals surface area contributed by atoms with Crippen molar-refractivity contribution in [2.45, 2.75) is 50.5 Å². The second-order valence-electron chi connectivity index (χ2n) is 9.08. The van der Waals surface area contributed by atoms with E-state index in [2.05, 4.69) is 33.2 Å². The zero-order chi connectivity index (χ0) is 23.5. The summed E-state index contributed by atoms with van der Waals surface area (Å²) < 4.78 is 60.0. The highest BCUT2D eigenvalue weighted by molar-refractivity contribution is 7.93. The molecular formula is C20H30F2N6O2S2. The van der Waals surface area contributed by atoms with Gasteiger partial charge in [0.1, 0.15) is 22.9 Å². The maximum atomic E-state index is 14.7. The molecule has 32 heavy (non-hydrogen) atoms. The van der Waals surface area contributed by atoms with Crippen LogP contribution in [0.3, 0.4) is 0 Å². The summed E-state index contributed by atoms with van der Waals surface area (Å²) in [7, 11) is -4.35. The van der Waals surface area contributed by atoms with E-state index in [0.717, 1.165) is 49.6 Å². The van der Waals surface area contributed by atoms with Crippen molar-refractivity contribution in [2.24, 2.45) is 28.7 Å². The van der Waals surface area contributed by atoms with Crippen LogP contribution in [0.15, 0.2) is 23.4 Å². The summed E-state index contributed by atoms with van der Waals surface area (Å²) >= 11 is 0.787. The number of nitrogens with zero attached hydrogens (tertiary/aromatic N) is 2. The summed E-state index contributed by atoms with van der Waals surface area (Å²) in [6.07, 6.45) is 4.93. The van der Waals surface area contributed by atoms with Crippen LogP contribution in [0.1, 0.15) is 39.5 Å². The molecule has 0 saturated heterocycles. The minimum atomic E-state index is -4.35. The molecule has 1 aliphatic rings. The van der Waals surface area contributed by atoms with E-state index in [9.17, 15) is 17.2 Å². The molecule has 0 spiro atoms. The van der Waals surface area contributed by atoms with E-state index in [0.29, 0.717) is 25.1 Å². The van der Waals surface area contributed by atoms with Gasteiger partial charge >= 0.3 is 0 Å². The molecule has 1 aromatic heterocycles. The largest absolute Gasteiger partial charge is 0.382 e. The van der Waals surface area contributed by atoms with Crippen LogP contribution in [0.2, 0.25) is 0 Å². The maximum absolute atomic E-state index is 14.7. The van der Waals surface area contributed by atoms with Crippen LogP contribution in [-0.2, 0) is 10.0 Å². The molecule has 1 aromatic carbocycles. The molecule has 0 amide bonds. The number of benzene rings is 1. The van der Waals surface area contributed by atoms with Crippen LogP contribution < -0.4 is 21.5 Å². The molecular weight excluding hydrogens is 458 g/mol. The Labute approximate surface area is 191 Å². The van der Waals surface area contributed by atoms with Gasteiger partial charge in [-0.3, -0.25) is 4.72 Å². The van der Waals surface area contributed by atoms with Gasteiger partial charge in [-0.25, -0.2) is 22.2 Å². The molecule has 8 nitrogen and oxygen atoms in total. The lowest BCUT2D eigenvalue weighted by Gasteiger charge is -2.33. The van der Waals surface area contributed by atoms with Crippen LogP contribution in [0.5, 0.6) is 0 Å². The Hall–Kier alpha value is -1.89. The van der Waals surface area contributed by atoms with E-state index >= 15 is 0 Å². The average Bonchev–Trinajstić information content (AvgIpc) is 3.43. The summed E-state index contributed by atoms with van der Waals surface area (Å²) in [6.45, 7) is 5.15. The third kappa shape index (κ3) is 6.33. The molecule has 178 valence electrons. The van der Waals surface area contributed by atoms with Gasteiger partial charge < -0.3 is 16.8 Å². The lowest BCUT2D eigenvalue weighted by atomic mass is 9.76. The van der Waals surface area contributed by atoms with Gasteiger partial charge in [-0.1, -0.05) is 13.8 Å². The van der Waals surface area contributed by atoms with E-state index in [1.165, 1.54) is 0 Å². The Bertz CT molecular complexity index is 1010. The van der Waals surface area contributed by atoms with Crippen LogP contribution in [0.4, 0.5) is 19.6 Å². The summed E-state index contributed by atoms with van der Waals surface area (Å²) in [6, 6.07) is 1.47. The average molecular weight is 489 g/mol. The first-order valence-corrected chi connectivity index (χ1v) is 12.8. The molecule has 12 heteroatoms. The summed E-state index contributed by atoms with van der Waals surface area (Å²) in [4.78, 5) is 2.89. The van der Waals surface area contributed by atoms with E-state index in [1.54, 1.807) is 0 Å². The predicted molar refractivity (Wildman–Crippen MR) is 122 cm³/mol. The van der Waals surface area contributed by atoms with Crippen molar-refractivity contribution in [3.63, 3.8) is 0 Å². The molecule has 3 rings (SSSR count). The first kappa shape index (κ1) is 24.7. The Kier molecular flexibility index (Phi) is 7.69. The van der Waals surface area contributed by atoms with Gasteiger partial charge in [0.25, 0.3) is 10.0 Å². The number of halogens is 2. The SMILES string of the molecule is CC(C)(CCN)C[C@@H](CNc1cc(F)c(S(=O)(=O)Nc2ncns2)cc1F)C(N)C1CC1. The zero-order valence-corrected chi connectivity index (χ0v) is 19.8. The van der Waals surface area contributed by atoms with Crippen molar-refractivity contribution in [1.29, 1.82) is 0 Å². The fourth-order valence-corrected chi connectivity index (χ4v) is 5.65. The molecule has 6 N–H and O–H groups in total. The normalized spacial score (nSPS) is 16.6. The van der Waals surface area contributed by atoms with Crippen molar-refractivity contribution < 1.29 is 17.2 Å². The fourth-order valence-electron chi connectivity index (χ4n) is 3.91. The zero-order valence-electron chi connectivity index (χ0n) is 18.1. The predicted octanol–water partition coefficient (Wildman–Crippen LogP) is 3.15. The van der Waals surface area contributed by atoms with Crippen molar-refractivity contribution in [2.75, 3.05) is 23.1 Å². The maximum Gasteiger partial charge on any atom is 0.266 e. The molecule has 0 aliphatic heterocycles. The van der Waals surface area contributed by atoms with Crippen molar-refractivity contribution >= 4 is 32.4 Å². The second kappa shape index (κ2) is 9.94. The number of anilines is 2. The number of hydrogen-bond acceptors (Lipinski definition) is 8. The number of nitrogens with two attached hydrogens (primary N) is 2. The summed E-state index contributed by atoms with van der Waals surface area (Å²) in [5.41, 5.74) is 12.1. The third-order valence-corrected chi connectivity index (χ3v) is 7.86. The number of sulfonamides is 1. The topological polar surface area (TPSA) is 136 Å². The van der Waals surface area contributed by atoms with Gasteiger partial charge in [0.05, 0.1) is 5.69 Å². The highest BCUT2D eigenvalue weighted by atomic mass is 32.2. The Morgan fingerprint density at radius 1 is 1.28 bits per heavy atom. The lowest BCUT2D eigenvalue weighted by Crippen LogP contribution is -2.39. The molecule has 1 saturated carbocycles. The molecule has 2 atom stereocenters. The van der Waals surface area contributed by atoms with Crippen molar-refractivity contribution in [1.82, 2.24) is 9.36 Å². The minimum Gasteiger partial charge on any atom is -0.382 e. The Morgan fingerprint density at radius 2 is 2.00 bits per heavy atom. The van der Waals surface area contributed by atoms with Gasteiger partial charge in [0, 0.05) is 30.2 Å². The number of aromatic nitrogens is 2. The molecule has 1 aliphatic carbocycles. The third-order valence-electron chi connectivity index (χ3n) is 5.80. The lowest BCUT2D eigenvalue weighted by molar-refractivity contribution is 0.226. The van der Waals surface area contributed by atoms with E-state index < -0.39 is 26.6 Å². The van der Waals surface area contributed by atoms with E-state index in [4.69, 9.17) is 11.5 Å². The van der Waals surface area contributed by atoms with Crippen molar-refractivity contribution in [3.8, 4) is 0 Å². The van der Waals surface area contributed by atoms with Crippen LogP contribution in [0, 0.1) is 28.9 Å². The fraction of sp³-hybridized carbons (Fsp3) is 0.600. The highest BCUT2D eigenvalue weighted by Crippen LogP contribution is 2.39. The molecule has 1 heterocycles. The minimum absolute atomic E-state index is 0.0360. The quantitative estimate of drug-likeness (QED) is 0.360. The standard InChI is InChI=1S/C20H30F2N6O2S2/c1-20(2,5-6-23)9-13(18(24)12-3-4-12)10-25-16-7-15(22)17(8-14(16)21)32(29,30)28-19-26-11-27-31-19/h7-8,11-13,18,25H,3-6,9-10,23-24H2,1-2H3,(H,26,27,28)/t13-,18?/m0/s1. The number of rotatable bonds is 12. The van der Waals surface area contributed by atoms with E-state index in [1.807, 2.05) is 0 Å². The molecule has 1 unspecified atom stereocenters. The van der Waals surface area contributed by atoms with Gasteiger partial charge in [-0.15, -0.1) is 0 Å². The molecule has 1 fully saturated rings. The van der Waals surface area contributed by atoms with Crippen molar-refractivity contribution in [3.05, 3.63) is 30.1 Å². The summed E-state index contributed by atoms with van der Waals surface area (Å²) in [5, 5.41) is 2.91. The van der Waals surface area contributed by atoms with Crippen LogP contribution >= 0.6 is 11.5 Å². The summed E-state index contributed by atoms with van der Waals surface area (Å²) in [5.74, 6) is -1.47. The smallest absolute Gasteiger partial charge is 0.266 e. The van der Waals surface area contributed by atoms with Gasteiger partial charge in [-0.05, 0) is 55.5 Å². The van der Waals surface area contributed by atoms with Gasteiger partial charge in [0.15, 0.2) is 0 Å². The molecule has 0 radical (unpaired) electrons. The highest BCUT2D eigenvalue weighted by Gasteiger charge is 2.36.